The van der Waals surface area contributed by atoms with Gasteiger partial charge in [0.1, 0.15) is 24.5 Å². The highest BCUT2D eigenvalue weighted by molar-refractivity contribution is 6.00. The van der Waals surface area contributed by atoms with Gasteiger partial charge in [0.2, 0.25) is 5.69 Å². The van der Waals surface area contributed by atoms with Gasteiger partial charge in [-0.1, -0.05) is 6.07 Å². The lowest BCUT2D eigenvalue weighted by Crippen LogP contribution is -2.33. The molecule has 1 aliphatic heterocycles. The number of benzene rings is 1. The summed E-state index contributed by atoms with van der Waals surface area (Å²) < 4.78 is 11.0. The van der Waals surface area contributed by atoms with Gasteiger partial charge in [-0.15, -0.1) is 0 Å². The van der Waals surface area contributed by atoms with Crippen molar-refractivity contribution in [2.24, 2.45) is 0 Å². The second-order valence-electron chi connectivity index (χ2n) is 6.84. The van der Waals surface area contributed by atoms with Crippen molar-refractivity contribution in [1.29, 1.82) is 5.26 Å². The van der Waals surface area contributed by atoms with Crippen molar-refractivity contribution < 1.29 is 29.6 Å². The Balaban J connectivity index is 1.91. The fourth-order valence-corrected chi connectivity index (χ4v) is 2.87. The standard InChI is InChI=1S/C20H23N5O6/c21-9-14-19-24-18(10-22-14)25-20(29)23-13-8-12(2-1-6-26)3-4-17(13)31-11-16(28)15(27)5-7-30-19/h3-4,8,10,15-16,26-28H,1-2,5-7,11H2,(H2,23,24,25,29). The normalized spacial score (nSPS) is 19.2. The molecular formula is C20H23N5O6. The van der Waals surface area contributed by atoms with Gasteiger partial charge in [-0.3, -0.25) is 5.32 Å². The fraction of sp³-hybridized carbons (Fsp3) is 0.400. The summed E-state index contributed by atoms with van der Waals surface area (Å²) in [4.78, 5) is 20.5. The van der Waals surface area contributed by atoms with Gasteiger partial charge >= 0.3 is 6.03 Å². The quantitative estimate of drug-likeness (QED) is 0.473. The molecule has 0 saturated heterocycles. The monoisotopic (exact) mass is 429 g/mol. The molecule has 2 aromatic rings. The summed E-state index contributed by atoms with van der Waals surface area (Å²) >= 11 is 0. The topological polar surface area (TPSA) is 170 Å². The van der Waals surface area contributed by atoms with Crippen LogP contribution in [-0.4, -0.2) is 63.3 Å². The molecule has 2 amide bonds. The van der Waals surface area contributed by atoms with Crippen LogP contribution in [0.25, 0.3) is 0 Å². The molecule has 11 heteroatoms. The molecule has 31 heavy (non-hydrogen) atoms. The zero-order chi connectivity index (χ0) is 22.2. The molecule has 0 aliphatic carbocycles. The van der Waals surface area contributed by atoms with Crippen molar-refractivity contribution in [3.63, 3.8) is 0 Å². The first kappa shape index (κ1) is 22.2. The fourth-order valence-electron chi connectivity index (χ4n) is 2.87. The van der Waals surface area contributed by atoms with Crippen molar-refractivity contribution in [2.75, 3.05) is 30.5 Å². The van der Waals surface area contributed by atoms with Crippen LogP contribution in [0.4, 0.5) is 16.3 Å². The second-order valence-corrected chi connectivity index (χ2v) is 6.84. The average molecular weight is 429 g/mol. The Hall–Kier alpha value is -3.46. The number of anilines is 2. The number of hydrogen-bond acceptors (Lipinski definition) is 9. The minimum absolute atomic E-state index is 0.0351. The molecule has 0 fully saturated rings. The van der Waals surface area contributed by atoms with E-state index in [0.717, 1.165) is 5.56 Å². The molecule has 3 rings (SSSR count). The van der Waals surface area contributed by atoms with Crippen molar-refractivity contribution in [3.05, 3.63) is 35.7 Å². The highest BCUT2D eigenvalue weighted by atomic mass is 16.5. The Morgan fingerprint density at radius 3 is 2.84 bits per heavy atom. The number of aliphatic hydroxyl groups is 3. The molecule has 0 spiro atoms. The van der Waals surface area contributed by atoms with E-state index < -0.39 is 18.2 Å². The molecule has 2 unspecified atom stereocenters. The molecule has 1 aromatic carbocycles. The molecule has 11 nitrogen and oxygen atoms in total. The zero-order valence-corrected chi connectivity index (χ0v) is 16.6. The maximum atomic E-state index is 12.5. The van der Waals surface area contributed by atoms with E-state index in [1.807, 2.05) is 6.07 Å². The number of aryl methyl sites for hydroxylation is 1. The number of rotatable bonds is 3. The number of nitriles is 1. The number of aromatic nitrogens is 2. The van der Waals surface area contributed by atoms with E-state index >= 15 is 0 Å². The average Bonchev–Trinajstić information content (AvgIpc) is 2.76. The van der Waals surface area contributed by atoms with Crippen LogP contribution in [0, 0.1) is 11.3 Å². The van der Waals surface area contributed by atoms with Crippen molar-refractivity contribution >= 4 is 17.5 Å². The van der Waals surface area contributed by atoms with E-state index in [1.54, 1.807) is 18.2 Å². The number of carbonyl (C=O) groups is 1. The van der Waals surface area contributed by atoms with Crippen LogP contribution in [0.5, 0.6) is 11.6 Å². The predicted molar refractivity (Wildman–Crippen MR) is 109 cm³/mol. The molecule has 164 valence electrons. The lowest BCUT2D eigenvalue weighted by molar-refractivity contribution is -0.0169. The van der Waals surface area contributed by atoms with Crippen LogP contribution >= 0.6 is 0 Å². The summed E-state index contributed by atoms with van der Waals surface area (Å²) in [5.74, 6) is 0.257. The molecule has 0 radical (unpaired) electrons. The first-order valence-electron chi connectivity index (χ1n) is 9.71. The summed E-state index contributed by atoms with van der Waals surface area (Å²) in [6, 6.07) is 6.34. The summed E-state index contributed by atoms with van der Waals surface area (Å²) in [7, 11) is 0. The van der Waals surface area contributed by atoms with E-state index in [0.29, 0.717) is 24.3 Å². The van der Waals surface area contributed by atoms with E-state index in [2.05, 4.69) is 20.6 Å². The lowest BCUT2D eigenvalue weighted by atomic mass is 10.1. The number of carbonyl (C=O) groups excluding carboxylic acids is 1. The number of amides is 2. The Labute approximate surface area is 178 Å². The smallest absolute Gasteiger partial charge is 0.325 e. The predicted octanol–water partition coefficient (Wildman–Crippen LogP) is 0.800. The number of urea groups is 1. The minimum atomic E-state index is -1.21. The maximum Gasteiger partial charge on any atom is 0.325 e. The number of fused-ring (bicyclic) bond motifs is 3. The van der Waals surface area contributed by atoms with Crippen LogP contribution in [0.3, 0.4) is 0 Å². The lowest BCUT2D eigenvalue weighted by Gasteiger charge is -2.20. The third kappa shape index (κ3) is 6.02. The first-order valence-corrected chi connectivity index (χ1v) is 9.71. The van der Waals surface area contributed by atoms with Crippen LogP contribution in [0.15, 0.2) is 24.4 Å². The van der Waals surface area contributed by atoms with Gasteiger partial charge in [-0.2, -0.15) is 10.2 Å². The summed E-state index contributed by atoms with van der Waals surface area (Å²) in [6.45, 7) is -0.222. The van der Waals surface area contributed by atoms with Gasteiger partial charge in [0.15, 0.2) is 5.82 Å². The van der Waals surface area contributed by atoms with Gasteiger partial charge < -0.3 is 30.1 Å². The van der Waals surface area contributed by atoms with Gasteiger partial charge in [0.25, 0.3) is 5.88 Å². The van der Waals surface area contributed by atoms with Crippen LogP contribution in [-0.2, 0) is 6.42 Å². The van der Waals surface area contributed by atoms with Crippen molar-refractivity contribution in [3.8, 4) is 17.7 Å². The second kappa shape index (κ2) is 10.5. The minimum Gasteiger partial charge on any atom is -0.489 e. The van der Waals surface area contributed by atoms with Crippen LogP contribution in [0.2, 0.25) is 0 Å². The third-order valence-electron chi connectivity index (χ3n) is 4.51. The number of hydrogen-bond donors (Lipinski definition) is 5. The number of nitrogens with zero attached hydrogens (tertiary/aromatic N) is 3. The van der Waals surface area contributed by atoms with Crippen molar-refractivity contribution in [1.82, 2.24) is 9.97 Å². The molecule has 2 atom stereocenters. The SMILES string of the molecule is N#Cc1ncc2nc1OCCC(O)C(O)COc1ccc(CCCO)cc1NC(=O)N2. The highest BCUT2D eigenvalue weighted by Crippen LogP contribution is 2.27. The van der Waals surface area contributed by atoms with E-state index in [1.165, 1.54) is 6.20 Å². The molecular weight excluding hydrogens is 406 g/mol. The Bertz CT molecular complexity index is 964. The van der Waals surface area contributed by atoms with E-state index in [-0.39, 0.29) is 43.6 Å². The van der Waals surface area contributed by atoms with Gasteiger partial charge in [0.05, 0.1) is 24.6 Å². The first-order chi connectivity index (χ1) is 15.0. The summed E-state index contributed by atoms with van der Waals surface area (Å²) in [5.41, 5.74) is 1.12. The van der Waals surface area contributed by atoms with Crippen LogP contribution in [0.1, 0.15) is 24.1 Å². The Morgan fingerprint density at radius 1 is 1.23 bits per heavy atom. The molecule has 0 saturated carbocycles. The Morgan fingerprint density at radius 2 is 2.06 bits per heavy atom. The van der Waals surface area contributed by atoms with Crippen LogP contribution < -0.4 is 20.1 Å². The van der Waals surface area contributed by atoms with Gasteiger partial charge in [-0.05, 0) is 30.5 Å². The number of aliphatic hydroxyl groups excluding tert-OH is 3. The van der Waals surface area contributed by atoms with E-state index in [4.69, 9.17) is 19.8 Å². The maximum absolute atomic E-state index is 12.5. The largest absolute Gasteiger partial charge is 0.489 e. The third-order valence-corrected chi connectivity index (χ3v) is 4.51. The molecule has 5 N–H and O–H groups in total. The molecule has 1 aromatic heterocycles. The molecule has 2 bridgehead atoms. The summed E-state index contributed by atoms with van der Waals surface area (Å²) in [6.07, 6.45) is 0.0655. The van der Waals surface area contributed by atoms with E-state index in [9.17, 15) is 15.0 Å². The molecule has 1 aliphatic rings. The Kier molecular flexibility index (Phi) is 7.55. The zero-order valence-electron chi connectivity index (χ0n) is 16.6. The van der Waals surface area contributed by atoms with Gasteiger partial charge in [-0.25, -0.2) is 9.78 Å². The van der Waals surface area contributed by atoms with Gasteiger partial charge in [0, 0.05) is 13.0 Å². The highest BCUT2D eigenvalue weighted by Gasteiger charge is 2.20. The van der Waals surface area contributed by atoms with Crippen molar-refractivity contribution in [2.45, 2.75) is 31.5 Å². The summed E-state index contributed by atoms with van der Waals surface area (Å²) in [5, 5.41) is 43.7. The number of ether oxygens (including phenoxy) is 2. The molecule has 2 heterocycles. The number of nitrogens with one attached hydrogen (secondary N) is 2.